The van der Waals surface area contributed by atoms with Gasteiger partial charge in [-0.15, -0.1) is 0 Å². The van der Waals surface area contributed by atoms with Crippen LogP contribution in [0, 0.1) is 0 Å². The predicted molar refractivity (Wildman–Crippen MR) is 89.6 cm³/mol. The van der Waals surface area contributed by atoms with Gasteiger partial charge in [-0.1, -0.05) is 0 Å². The molecule has 8 heteroatoms. The van der Waals surface area contributed by atoms with Crippen molar-refractivity contribution in [1.82, 2.24) is 0 Å². The van der Waals surface area contributed by atoms with Crippen LogP contribution in [0.2, 0.25) is 0 Å². The van der Waals surface area contributed by atoms with Gasteiger partial charge in [0.1, 0.15) is 0 Å². The van der Waals surface area contributed by atoms with Crippen molar-refractivity contribution in [3.8, 4) is 0 Å². The summed E-state index contributed by atoms with van der Waals surface area (Å²) in [6.45, 7) is 0.228. The number of hydrogen-bond acceptors (Lipinski definition) is 7. The van der Waals surface area contributed by atoms with Crippen molar-refractivity contribution in [2.45, 2.75) is 38.5 Å². The topological polar surface area (TPSA) is 127 Å². The second kappa shape index (κ2) is 11.8. The largest absolute Gasteiger partial charge is 0.481 e. The number of carbonyl (C=O) groups is 4. The fourth-order valence-corrected chi connectivity index (χ4v) is 1.96. The normalized spacial score (nSPS) is 10.2. The number of hydrogen-bond donors (Lipinski definition) is 2. The summed E-state index contributed by atoms with van der Waals surface area (Å²) in [5, 5.41) is 17.1. The van der Waals surface area contributed by atoms with Crippen molar-refractivity contribution in [2.75, 3.05) is 13.2 Å². The Morgan fingerprint density at radius 3 is 1.96 bits per heavy atom. The Morgan fingerprint density at radius 2 is 1.38 bits per heavy atom. The number of aliphatic hydroxyl groups excluding tert-OH is 1. The molecule has 26 heavy (non-hydrogen) atoms. The van der Waals surface area contributed by atoms with E-state index < -0.39 is 23.9 Å². The van der Waals surface area contributed by atoms with Crippen LogP contribution in [-0.4, -0.2) is 47.3 Å². The Kier molecular flexibility index (Phi) is 9.63. The molecule has 0 spiro atoms. The second-order valence-corrected chi connectivity index (χ2v) is 5.51. The number of benzene rings is 1. The quantitative estimate of drug-likeness (QED) is 0.345. The average Bonchev–Trinajstić information content (AvgIpc) is 2.62. The van der Waals surface area contributed by atoms with E-state index in [4.69, 9.17) is 14.9 Å². The number of unbranched alkanes of at least 4 members (excludes halogenated alkanes) is 2. The fraction of sp³-hybridized carbons (Fsp3) is 0.444. The molecule has 0 bridgehead atoms. The van der Waals surface area contributed by atoms with Crippen LogP contribution in [0.25, 0.3) is 0 Å². The summed E-state index contributed by atoms with van der Waals surface area (Å²) in [7, 11) is 0. The third-order valence-corrected chi connectivity index (χ3v) is 3.37. The van der Waals surface area contributed by atoms with Crippen molar-refractivity contribution >= 4 is 23.9 Å². The maximum atomic E-state index is 11.8. The van der Waals surface area contributed by atoms with Crippen LogP contribution in [0.4, 0.5) is 0 Å². The number of ether oxygens (including phenoxy) is 2. The lowest BCUT2D eigenvalue weighted by atomic mass is 10.1. The van der Waals surface area contributed by atoms with Gasteiger partial charge in [0, 0.05) is 19.4 Å². The lowest BCUT2D eigenvalue weighted by molar-refractivity contribution is -0.139. The molecule has 0 saturated heterocycles. The van der Waals surface area contributed by atoms with Crippen LogP contribution >= 0.6 is 0 Å². The number of rotatable bonds is 11. The van der Waals surface area contributed by atoms with Crippen LogP contribution in [0.1, 0.15) is 59.2 Å². The van der Waals surface area contributed by atoms with Gasteiger partial charge in [0.2, 0.25) is 0 Å². The molecular formula is C18H22O8. The van der Waals surface area contributed by atoms with Crippen LogP contribution in [-0.2, 0) is 19.1 Å². The van der Waals surface area contributed by atoms with Gasteiger partial charge in [-0.05, 0) is 49.9 Å². The summed E-state index contributed by atoms with van der Waals surface area (Å²) < 4.78 is 9.68. The van der Waals surface area contributed by atoms with Gasteiger partial charge in [-0.2, -0.15) is 0 Å². The van der Waals surface area contributed by atoms with Gasteiger partial charge in [-0.3, -0.25) is 9.59 Å². The molecule has 0 aromatic heterocycles. The number of carbonyl (C=O) groups excluding carboxylic acids is 3. The standard InChI is InChI=1S/C18H22O8/c19-11-3-4-12-25-17(23)13-7-9-14(10-8-13)18(24)26-16(22)6-2-1-5-15(20)21/h7-10,19H,1-6,11-12H2,(H,20,21). The molecule has 2 N–H and O–H groups in total. The number of aliphatic hydroxyl groups is 1. The molecule has 1 aromatic rings. The first-order chi connectivity index (χ1) is 12.4. The molecule has 0 saturated carbocycles. The van der Waals surface area contributed by atoms with E-state index in [0.29, 0.717) is 25.7 Å². The molecule has 0 amide bonds. The molecule has 0 unspecified atom stereocenters. The Hall–Kier alpha value is -2.74. The molecule has 1 rings (SSSR count). The first-order valence-corrected chi connectivity index (χ1v) is 8.29. The zero-order chi connectivity index (χ0) is 19.4. The van der Waals surface area contributed by atoms with Crippen LogP contribution in [0.5, 0.6) is 0 Å². The van der Waals surface area contributed by atoms with Gasteiger partial charge in [0.05, 0.1) is 17.7 Å². The van der Waals surface area contributed by atoms with E-state index in [-0.39, 0.29) is 37.2 Å². The summed E-state index contributed by atoms with van der Waals surface area (Å²) in [6, 6.07) is 5.49. The lowest BCUT2D eigenvalue weighted by Gasteiger charge is -2.06. The molecule has 0 radical (unpaired) electrons. The lowest BCUT2D eigenvalue weighted by Crippen LogP contribution is -2.13. The molecule has 0 aliphatic rings. The highest BCUT2D eigenvalue weighted by atomic mass is 16.6. The van der Waals surface area contributed by atoms with Gasteiger partial charge in [0.25, 0.3) is 0 Å². The Labute approximate surface area is 150 Å². The number of aliphatic carboxylic acids is 1. The highest BCUT2D eigenvalue weighted by Crippen LogP contribution is 2.09. The molecule has 0 fully saturated rings. The van der Waals surface area contributed by atoms with Crippen LogP contribution in [0.15, 0.2) is 24.3 Å². The smallest absolute Gasteiger partial charge is 0.345 e. The predicted octanol–water partition coefficient (Wildman–Crippen LogP) is 1.94. The molecule has 0 atom stereocenters. The van der Waals surface area contributed by atoms with Crippen LogP contribution < -0.4 is 0 Å². The molecule has 8 nitrogen and oxygen atoms in total. The van der Waals surface area contributed by atoms with Crippen molar-refractivity contribution in [1.29, 1.82) is 0 Å². The first-order valence-electron chi connectivity index (χ1n) is 8.29. The molecule has 0 aliphatic heterocycles. The van der Waals surface area contributed by atoms with E-state index >= 15 is 0 Å². The maximum absolute atomic E-state index is 11.8. The Balaban J connectivity index is 2.41. The van der Waals surface area contributed by atoms with Crippen molar-refractivity contribution in [2.24, 2.45) is 0 Å². The third kappa shape index (κ3) is 8.39. The average molecular weight is 366 g/mol. The highest BCUT2D eigenvalue weighted by molar-refractivity contribution is 5.98. The van der Waals surface area contributed by atoms with Gasteiger partial charge >= 0.3 is 23.9 Å². The Bertz CT molecular complexity index is 621. The number of esters is 3. The van der Waals surface area contributed by atoms with E-state index in [1.54, 1.807) is 0 Å². The molecule has 142 valence electrons. The minimum atomic E-state index is -0.943. The van der Waals surface area contributed by atoms with E-state index in [2.05, 4.69) is 4.74 Å². The minimum Gasteiger partial charge on any atom is -0.481 e. The molecule has 0 aliphatic carbocycles. The van der Waals surface area contributed by atoms with Crippen molar-refractivity contribution < 1.29 is 38.9 Å². The third-order valence-electron chi connectivity index (χ3n) is 3.37. The zero-order valence-corrected chi connectivity index (χ0v) is 14.3. The summed E-state index contributed by atoms with van der Waals surface area (Å²) in [6.07, 6.45) is 1.66. The van der Waals surface area contributed by atoms with E-state index in [9.17, 15) is 19.2 Å². The Morgan fingerprint density at radius 1 is 0.808 bits per heavy atom. The van der Waals surface area contributed by atoms with Gasteiger partial charge < -0.3 is 19.7 Å². The summed E-state index contributed by atoms with van der Waals surface area (Å²) >= 11 is 0. The van der Waals surface area contributed by atoms with Crippen molar-refractivity contribution in [3.05, 3.63) is 35.4 Å². The zero-order valence-electron chi connectivity index (χ0n) is 14.3. The first kappa shape index (κ1) is 21.3. The molecule has 1 aromatic carbocycles. The van der Waals surface area contributed by atoms with E-state index in [1.807, 2.05) is 0 Å². The van der Waals surface area contributed by atoms with Gasteiger partial charge in [0.15, 0.2) is 0 Å². The van der Waals surface area contributed by atoms with Crippen molar-refractivity contribution in [3.63, 3.8) is 0 Å². The van der Waals surface area contributed by atoms with E-state index in [1.165, 1.54) is 24.3 Å². The maximum Gasteiger partial charge on any atom is 0.345 e. The van der Waals surface area contributed by atoms with E-state index in [0.717, 1.165) is 0 Å². The number of carboxylic acid groups (broad SMARTS) is 1. The SMILES string of the molecule is O=C(O)CCCCC(=O)OC(=O)c1ccc(C(=O)OCCCCO)cc1. The monoisotopic (exact) mass is 366 g/mol. The summed E-state index contributed by atoms with van der Waals surface area (Å²) in [4.78, 5) is 45.5. The minimum absolute atomic E-state index is 0.0344. The highest BCUT2D eigenvalue weighted by Gasteiger charge is 2.14. The summed E-state index contributed by atoms with van der Waals surface area (Å²) in [5.74, 6) is -3.05. The summed E-state index contributed by atoms with van der Waals surface area (Å²) in [5.41, 5.74) is 0.367. The van der Waals surface area contributed by atoms with Gasteiger partial charge in [-0.25, -0.2) is 9.59 Å². The fourth-order valence-electron chi connectivity index (χ4n) is 1.96. The number of carboxylic acids is 1. The van der Waals surface area contributed by atoms with Crippen LogP contribution in [0.3, 0.4) is 0 Å². The molecule has 0 heterocycles. The molecular weight excluding hydrogens is 344 g/mol. The second-order valence-electron chi connectivity index (χ2n) is 5.51.